The first-order chi connectivity index (χ1) is 15.9. The van der Waals surface area contributed by atoms with E-state index in [9.17, 15) is 14.4 Å². The van der Waals surface area contributed by atoms with Gasteiger partial charge in [-0.25, -0.2) is 4.79 Å². The molecule has 0 saturated carbocycles. The fraction of sp³-hybridized carbons (Fsp3) is 0.360. The second-order valence-corrected chi connectivity index (χ2v) is 8.08. The first-order valence-corrected chi connectivity index (χ1v) is 11.6. The summed E-state index contributed by atoms with van der Waals surface area (Å²) >= 11 is 5.54. The van der Waals surface area contributed by atoms with Crippen molar-refractivity contribution in [1.29, 1.82) is 0 Å². The molecule has 1 aliphatic rings. The number of aryl methyl sites for hydroxylation is 1. The Labute approximate surface area is 199 Å². The van der Waals surface area contributed by atoms with Crippen LogP contribution in [0.15, 0.2) is 54.6 Å². The molecule has 8 heteroatoms. The Balaban J connectivity index is 1.61. The molecule has 1 saturated heterocycles. The minimum atomic E-state index is -0.618. The van der Waals surface area contributed by atoms with E-state index in [2.05, 4.69) is 17.4 Å². The van der Waals surface area contributed by atoms with E-state index in [4.69, 9.17) is 17.0 Å². The van der Waals surface area contributed by atoms with Gasteiger partial charge in [0.1, 0.15) is 6.04 Å². The Bertz CT molecular complexity index is 994. The number of hydrogen-bond donors (Lipinski definition) is 1. The van der Waals surface area contributed by atoms with Gasteiger partial charge in [-0.3, -0.25) is 14.5 Å². The van der Waals surface area contributed by atoms with Gasteiger partial charge in [0.05, 0.1) is 18.6 Å². The highest BCUT2D eigenvalue weighted by Crippen LogP contribution is 2.22. The van der Waals surface area contributed by atoms with Crippen LogP contribution in [0.3, 0.4) is 0 Å². The molecule has 33 heavy (non-hydrogen) atoms. The lowest BCUT2D eigenvalue weighted by Crippen LogP contribution is -2.38. The zero-order valence-electron chi connectivity index (χ0n) is 19.0. The molecule has 1 aliphatic heterocycles. The lowest BCUT2D eigenvalue weighted by Gasteiger charge is -2.23. The normalized spacial score (nSPS) is 15.6. The van der Waals surface area contributed by atoms with Gasteiger partial charge in [-0.05, 0) is 68.7 Å². The molecular weight excluding hydrogens is 438 g/mol. The minimum absolute atomic E-state index is 0.000435. The number of likely N-dealkylation sites (N-methyl/N-ethyl adjacent to an activating group) is 1. The van der Waals surface area contributed by atoms with Crippen molar-refractivity contribution in [2.75, 3.05) is 25.0 Å². The number of benzene rings is 2. The molecule has 3 rings (SSSR count). The van der Waals surface area contributed by atoms with Crippen molar-refractivity contribution >= 4 is 40.8 Å². The largest absolute Gasteiger partial charge is 0.462 e. The number of carbonyl (C=O) groups is 3. The van der Waals surface area contributed by atoms with Crippen LogP contribution in [0.5, 0.6) is 0 Å². The van der Waals surface area contributed by atoms with Gasteiger partial charge in [-0.1, -0.05) is 30.3 Å². The van der Waals surface area contributed by atoms with Gasteiger partial charge < -0.3 is 15.0 Å². The van der Waals surface area contributed by atoms with Gasteiger partial charge in [0, 0.05) is 18.8 Å². The first kappa shape index (κ1) is 24.4. The standard InChI is InChI=1S/C25H29N3O4S/c1-3-27-23(30)21(28(25(27)33)16-8-11-18-9-6-5-7-10-18)17-22(29)26-20-14-12-19(13-15-20)24(31)32-4-2/h5-7,9-10,12-15,21H,3-4,8,11,16-17H2,1-2H3,(H,26,29). The van der Waals surface area contributed by atoms with Crippen LogP contribution in [0.1, 0.15) is 42.6 Å². The predicted molar refractivity (Wildman–Crippen MR) is 131 cm³/mol. The third kappa shape index (κ3) is 6.16. The molecule has 1 N–H and O–H groups in total. The van der Waals surface area contributed by atoms with Gasteiger partial charge in [0.15, 0.2) is 5.11 Å². The van der Waals surface area contributed by atoms with Gasteiger partial charge in [-0.2, -0.15) is 0 Å². The molecule has 7 nitrogen and oxygen atoms in total. The maximum absolute atomic E-state index is 12.9. The van der Waals surface area contributed by atoms with E-state index in [1.165, 1.54) is 5.56 Å². The van der Waals surface area contributed by atoms with E-state index in [0.29, 0.717) is 36.1 Å². The zero-order valence-corrected chi connectivity index (χ0v) is 19.8. The lowest BCUT2D eigenvalue weighted by atomic mass is 10.1. The number of thiocarbonyl (C=S) groups is 1. The minimum Gasteiger partial charge on any atom is -0.462 e. The molecule has 0 spiro atoms. The number of rotatable bonds is 10. The van der Waals surface area contributed by atoms with E-state index in [0.717, 1.165) is 12.8 Å². The average molecular weight is 468 g/mol. The molecule has 2 amide bonds. The van der Waals surface area contributed by atoms with Crippen molar-refractivity contribution < 1.29 is 19.1 Å². The SMILES string of the molecule is CCOC(=O)c1ccc(NC(=O)CC2C(=O)N(CC)C(=S)N2CCCc2ccccc2)cc1. The van der Waals surface area contributed by atoms with Gasteiger partial charge >= 0.3 is 5.97 Å². The van der Waals surface area contributed by atoms with Crippen LogP contribution in [-0.4, -0.2) is 58.4 Å². The third-order valence-electron chi connectivity index (χ3n) is 5.49. The number of hydrogen-bond acceptors (Lipinski definition) is 5. The van der Waals surface area contributed by atoms with Crippen molar-refractivity contribution in [2.45, 2.75) is 39.2 Å². The van der Waals surface area contributed by atoms with Crippen molar-refractivity contribution in [3.63, 3.8) is 0 Å². The zero-order chi connectivity index (χ0) is 23.8. The van der Waals surface area contributed by atoms with Crippen molar-refractivity contribution in [2.24, 2.45) is 0 Å². The van der Waals surface area contributed by atoms with E-state index < -0.39 is 12.0 Å². The molecule has 0 bridgehead atoms. The molecule has 0 radical (unpaired) electrons. The van der Waals surface area contributed by atoms with E-state index in [1.54, 1.807) is 36.1 Å². The van der Waals surface area contributed by atoms with E-state index in [-0.39, 0.29) is 18.2 Å². The molecule has 1 atom stereocenters. The Morgan fingerprint density at radius 1 is 1.06 bits per heavy atom. The van der Waals surface area contributed by atoms with Crippen LogP contribution in [0, 0.1) is 0 Å². The van der Waals surface area contributed by atoms with Gasteiger partial charge in [0.25, 0.3) is 5.91 Å². The van der Waals surface area contributed by atoms with Crippen LogP contribution >= 0.6 is 12.2 Å². The molecule has 1 fully saturated rings. The maximum atomic E-state index is 12.9. The number of esters is 1. The summed E-state index contributed by atoms with van der Waals surface area (Å²) in [5, 5.41) is 3.28. The number of ether oxygens (including phenoxy) is 1. The Morgan fingerprint density at radius 3 is 2.39 bits per heavy atom. The number of nitrogens with one attached hydrogen (secondary N) is 1. The summed E-state index contributed by atoms with van der Waals surface area (Å²) in [6.45, 7) is 4.99. The molecule has 174 valence electrons. The molecule has 1 heterocycles. The monoisotopic (exact) mass is 467 g/mol. The van der Waals surface area contributed by atoms with Crippen molar-refractivity contribution in [1.82, 2.24) is 9.80 Å². The molecule has 2 aromatic rings. The second kappa shape index (κ2) is 11.6. The molecule has 1 unspecified atom stereocenters. The number of amides is 2. The summed E-state index contributed by atoms with van der Waals surface area (Å²) in [5.41, 5.74) is 2.18. The number of carbonyl (C=O) groups excluding carboxylic acids is 3. The smallest absolute Gasteiger partial charge is 0.338 e. The summed E-state index contributed by atoms with van der Waals surface area (Å²) in [6, 6.07) is 16.0. The molecule has 2 aromatic carbocycles. The molecule has 0 aliphatic carbocycles. The first-order valence-electron chi connectivity index (χ1n) is 11.2. The van der Waals surface area contributed by atoms with Crippen LogP contribution in [0.2, 0.25) is 0 Å². The second-order valence-electron chi connectivity index (χ2n) is 7.71. The summed E-state index contributed by atoms with van der Waals surface area (Å²) in [6.07, 6.45) is 1.69. The fourth-order valence-electron chi connectivity index (χ4n) is 3.83. The van der Waals surface area contributed by atoms with Crippen molar-refractivity contribution in [3.8, 4) is 0 Å². The summed E-state index contributed by atoms with van der Waals surface area (Å²) in [5.74, 6) is -0.840. The highest BCUT2D eigenvalue weighted by atomic mass is 32.1. The number of nitrogens with zero attached hydrogens (tertiary/aromatic N) is 2. The summed E-state index contributed by atoms with van der Waals surface area (Å²) in [4.78, 5) is 40.9. The average Bonchev–Trinajstić information content (AvgIpc) is 3.03. The summed E-state index contributed by atoms with van der Waals surface area (Å²) in [7, 11) is 0. The highest BCUT2D eigenvalue weighted by Gasteiger charge is 2.42. The Morgan fingerprint density at radius 2 is 1.76 bits per heavy atom. The summed E-state index contributed by atoms with van der Waals surface area (Å²) < 4.78 is 4.97. The third-order valence-corrected chi connectivity index (χ3v) is 5.94. The van der Waals surface area contributed by atoms with E-state index >= 15 is 0 Å². The predicted octanol–water partition coefficient (Wildman–Crippen LogP) is 3.64. The topological polar surface area (TPSA) is 78.9 Å². The fourth-order valence-corrected chi connectivity index (χ4v) is 4.26. The quantitative estimate of drug-likeness (QED) is 0.425. The van der Waals surface area contributed by atoms with Crippen LogP contribution in [0.25, 0.3) is 0 Å². The van der Waals surface area contributed by atoms with Gasteiger partial charge in [-0.15, -0.1) is 0 Å². The van der Waals surface area contributed by atoms with Crippen LogP contribution < -0.4 is 5.32 Å². The molecular formula is C25H29N3O4S. The highest BCUT2D eigenvalue weighted by molar-refractivity contribution is 7.80. The Kier molecular flexibility index (Phi) is 8.54. The van der Waals surface area contributed by atoms with Crippen molar-refractivity contribution in [3.05, 3.63) is 65.7 Å². The van der Waals surface area contributed by atoms with E-state index in [1.807, 2.05) is 30.0 Å². The van der Waals surface area contributed by atoms with Gasteiger partial charge in [0.2, 0.25) is 5.91 Å². The van der Waals surface area contributed by atoms with Crippen LogP contribution in [-0.2, 0) is 20.7 Å². The Hall–Kier alpha value is -3.26. The number of anilines is 1. The van der Waals surface area contributed by atoms with Crippen LogP contribution in [0.4, 0.5) is 5.69 Å². The lowest BCUT2D eigenvalue weighted by molar-refractivity contribution is -0.130. The molecule has 0 aromatic heterocycles. The maximum Gasteiger partial charge on any atom is 0.338 e.